The Bertz CT molecular complexity index is 852. The molecule has 144 valence electrons. The van der Waals surface area contributed by atoms with E-state index < -0.39 is 0 Å². The van der Waals surface area contributed by atoms with Crippen molar-refractivity contribution in [1.29, 1.82) is 0 Å². The molecule has 0 spiro atoms. The molecule has 2 heterocycles. The highest BCUT2D eigenvalue weighted by molar-refractivity contribution is 5.95. The van der Waals surface area contributed by atoms with Crippen LogP contribution in [-0.2, 0) is 0 Å². The van der Waals surface area contributed by atoms with Crippen LogP contribution < -0.4 is 15.6 Å². The number of carbonyl (C=O) groups is 1. The van der Waals surface area contributed by atoms with Gasteiger partial charge in [-0.1, -0.05) is 13.8 Å². The Morgan fingerprint density at radius 1 is 1.22 bits per heavy atom. The van der Waals surface area contributed by atoms with Crippen LogP contribution in [0.1, 0.15) is 67.2 Å². The third kappa shape index (κ3) is 4.76. The van der Waals surface area contributed by atoms with E-state index >= 15 is 0 Å². The number of nitrogens with zero attached hydrogens (tertiary/aromatic N) is 1. The highest BCUT2D eigenvalue weighted by Crippen LogP contribution is 2.25. The Balaban J connectivity index is 1.57. The molecule has 2 N–H and O–H groups in total. The van der Waals surface area contributed by atoms with Gasteiger partial charge in [0.2, 0.25) is 5.56 Å². The first-order valence-electron chi connectivity index (χ1n) is 9.56. The Labute approximate surface area is 159 Å². The monoisotopic (exact) mass is 369 g/mol. The number of H-pyrrole nitrogens is 1. The largest absolute Gasteiger partial charge is 0.489 e. The lowest BCUT2D eigenvalue weighted by molar-refractivity contribution is 0.0891. The predicted molar refractivity (Wildman–Crippen MR) is 104 cm³/mol. The molecule has 0 unspecified atom stereocenters. The van der Waals surface area contributed by atoms with Crippen molar-refractivity contribution in [3.05, 3.63) is 57.8 Å². The zero-order valence-corrected chi connectivity index (χ0v) is 16.1. The van der Waals surface area contributed by atoms with E-state index in [9.17, 15) is 9.59 Å². The fourth-order valence-corrected chi connectivity index (χ4v) is 3.51. The topological polar surface area (TPSA) is 84.1 Å². The summed E-state index contributed by atoms with van der Waals surface area (Å²) in [4.78, 5) is 31.3. The molecular formula is C21H27N3O3. The lowest BCUT2D eigenvalue weighted by Gasteiger charge is -2.30. The van der Waals surface area contributed by atoms with Gasteiger partial charge in [0.05, 0.1) is 17.4 Å². The van der Waals surface area contributed by atoms with Gasteiger partial charge in [0, 0.05) is 24.0 Å². The summed E-state index contributed by atoms with van der Waals surface area (Å²) in [5.41, 5.74) is 1.95. The fraction of sp³-hybridized carbons (Fsp3) is 0.476. The van der Waals surface area contributed by atoms with Crippen LogP contribution in [0.25, 0.3) is 0 Å². The van der Waals surface area contributed by atoms with Crippen LogP contribution in [0.3, 0.4) is 0 Å². The molecule has 1 fully saturated rings. The summed E-state index contributed by atoms with van der Waals surface area (Å²) in [7, 11) is 0. The van der Waals surface area contributed by atoms with Gasteiger partial charge in [0.15, 0.2) is 0 Å². The quantitative estimate of drug-likeness (QED) is 0.847. The molecule has 0 aromatic carbocycles. The van der Waals surface area contributed by atoms with Crippen LogP contribution in [0.5, 0.6) is 5.75 Å². The lowest BCUT2D eigenvalue weighted by atomic mass is 9.92. The molecule has 2 aromatic rings. The van der Waals surface area contributed by atoms with Crippen molar-refractivity contribution in [3.8, 4) is 5.75 Å². The first kappa shape index (κ1) is 19.1. The van der Waals surface area contributed by atoms with E-state index in [1.165, 1.54) is 6.07 Å². The first-order valence-corrected chi connectivity index (χ1v) is 9.56. The average Bonchev–Trinajstić information content (AvgIpc) is 2.65. The molecule has 0 bridgehead atoms. The van der Waals surface area contributed by atoms with Crippen LogP contribution in [0.2, 0.25) is 0 Å². The summed E-state index contributed by atoms with van der Waals surface area (Å²) in [6.07, 6.45) is 5.44. The van der Waals surface area contributed by atoms with E-state index in [1.807, 2.05) is 32.9 Å². The van der Waals surface area contributed by atoms with Gasteiger partial charge in [-0.25, -0.2) is 0 Å². The summed E-state index contributed by atoms with van der Waals surface area (Å²) in [5.74, 6) is 0.786. The lowest BCUT2D eigenvalue weighted by Crippen LogP contribution is -2.40. The molecule has 1 saturated carbocycles. The van der Waals surface area contributed by atoms with E-state index in [0.717, 1.165) is 37.1 Å². The minimum atomic E-state index is -0.182. The summed E-state index contributed by atoms with van der Waals surface area (Å²) < 4.78 is 6.07. The van der Waals surface area contributed by atoms with Crippen LogP contribution in [-0.4, -0.2) is 28.0 Å². The number of hydrogen-bond acceptors (Lipinski definition) is 4. The standard InChI is InChI=1S/C21H27N3O3/c1-13(2)20-17(10-11-19(25)24-20)21(26)23-15-6-8-16(9-7-15)27-18-5-4-12-22-14(18)3/h4-5,10-13,15-16H,6-9H2,1-3H3,(H,23,26)(H,24,25). The van der Waals surface area contributed by atoms with Crippen molar-refractivity contribution in [2.45, 2.75) is 64.5 Å². The number of aromatic nitrogens is 2. The van der Waals surface area contributed by atoms with Crippen LogP contribution >= 0.6 is 0 Å². The Morgan fingerprint density at radius 3 is 2.63 bits per heavy atom. The minimum Gasteiger partial charge on any atom is -0.489 e. The van der Waals surface area contributed by atoms with Crippen molar-refractivity contribution in [2.24, 2.45) is 0 Å². The zero-order valence-electron chi connectivity index (χ0n) is 16.1. The van der Waals surface area contributed by atoms with Crippen LogP contribution in [0.15, 0.2) is 35.3 Å². The predicted octanol–water partition coefficient (Wildman–Crippen LogP) is 3.32. The highest BCUT2D eigenvalue weighted by atomic mass is 16.5. The Morgan fingerprint density at radius 2 is 1.96 bits per heavy atom. The van der Waals surface area contributed by atoms with Gasteiger partial charge in [-0.2, -0.15) is 0 Å². The van der Waals surface area contributed by atoms with Crippen molar-refractivity contribution < 1.29 is 9.53 Å². The van der Waals surface area contributed by atoms with Crippen LogP contribution in [0.4, 0.5) is 0 Å². The number of pyridine rings is 2. The molecular weight excluding hydrogens is 342 g/mol. The average molecular weight is 369 g/mol. The first-order chi connectivity index (χ1) is 12.9. The fourth-order valence-electron chi connectivity index (χ4n) is 3.51. The maximum Gasteiger partial charge on any atom is 0.253 e. The molecule has 3 rings (SSSR count). The highest BCUT2D eigenvalue weighted by Gasteiger charge is 2.25. The number of ether oxygens (including phenoxy) is 1. The second kappa shape index (κ2) is 8.37. The number of hydrogen-bond donors (Lipinski definition) is 2. The molecule has 0 radical (unpaired) electrons. The molecule has 2 aromatic heterocycles. The van der Waals surface area contributed by atoms with E-state index in [-0.39, 0.29) is 29.5 Å². The molecule has 6 heteroatoms. The van der Waals surface area contributed by atoms with Crippen molar-refractivity contribution in [2.75, 3.05) is 0 Å². The molecule has 1 aliphatic rings. The molecule has 0 saturated heterocycles. The van der Waals surface area contributed by atoms with Gasteiger partial charge >= 0.3 is 0 Å². The van der Waals surface area contributed by atoms with Gasteiger partial charge in [-0.15, -0.1) is 0 Å². The van der Waals surface area contributed by atoms with Crippen LogP contribution in [0, 0.1) is 6.92 Å². The molecule has 1 aliphatic carbocycles. The van der Waals surface area contributed by atoms with E-state index in [1.54, 1.807) is 12.3 Å². The molecule has 6 nitrogen and oxygen atoms in total. The number of aromatic amines is 1. The smallest absolute Gasteiger partial charge is 0.253 e. The van der Waals surface area contributed by atoms with E-state index in [4.69, 9.17) is 4.74 Å². The summed E-state index contributed by atoms with van der Waals surface area (Å²) in [5, 5.41) is 3.12. The molecule has 0 aliphatic heterocycles. The molecule has 1 amide bonds. The van der Waals surface area contributed by atoms with E-state index in [0.29, 0.717) is 11.3 Å². The minimum absolute atomic E-state index is 0.0755. The Hall–Kier alpha value is -2.63. The van der Waals surface area contributed by atoms with Crippen molar-refractivity contribution in [3.63, 3.8) is 0 Å². The number of aryl methyl sites for hydroxylation is 1. The van der Waals surface area contributed by atoms with Crippen molar-refractivity contribution >= 4 is 5.91 Å². The third-order valence-corrected chi connectivity index (χ3v) is 5.03. The number of nitrogens with one attached hydrogen (secondary N) is 2. The van der Waals surface area contributed by atoms with E-state index in [2.05, 4.69) is 15.3 Å². The zero-order chi connectivity index (χ0) is 19.4. The van der Waals surface area contributed by atoms with Gasteiger partial charge in [-0.05, 0) is 56.7 Å². The second-order valence-corrected chi connectivity index (χ2v) is 7.46. The molecule has 0 atom stereocenters. The number of carbonyl (C=O) groups excluding carboxylic acids is 1. The van der Waals surface area contributed by atoms with Crippen molar-refractivity contribution in [1.82, 2.24) is 15.3 Å². The SMILES string of the molecule is Cc1ncccc1OC1CCC(NC(=O)c2ccc(=O)[nH]c2C(C)C)CC1. The Kier molecular flexibility index (Phi) is 5.94. The number of rotatable bonds is 5. The normalized spacial score (nSPS) is 19.7. The maximum absolute atomic E-state index is 12.7. The second-order valence-electron chi connectivity index (χ2n) is 7.46. The van der Waals surface area contributed by atoms with Gasteiger partial charge in [0.25, 0.3) is 5.91 Å². The molecule has 27 heavy (non-hydrogen) atoms. The number of amides is 1. The van der Waals surface area contributed by atoms with Gasteiger partial charge < -0.3 is 15.0 Å². The summed E-state index contributed by atoms with van der Waals surface area (Å²) >= 11 is 0. The summed E-state index contributed by atoms with van der Waals surface area (Å²) in [6, 6.07) is 6.97. The third-order valence-electron chi connectivity index (χ3n) is 5.03. The van der Waals surface area contributed by atoms with Gasteiger partial charge in [-0.3, -0.25) is 14.6 Å². The summed E-state index contributed by atoms with van der Waals surface area (Å²) in [6.45, 7) is 5.87. The van der Waals surface area contributed by atoms with Gasteiger partial charge in [0.1, 0.15) is 5.75 Å². The maximum atomic E-state index is 12.7.